The molecule has 0 aliphatic carbocycles. The first-order chi connectivity index (χ1) is 25.7. The number of benzene rings is 4. The maximum Gasteiger partial charge on any atom is 0.524 e. The number of carbonyl (C=O) groups is 3. The minimum Gasteiger partial charge on any atom is -0.508 e. The van der Waals surface area contributed by atoms with E-state index in [1.807, 2.05) is 0 Å². The average Bonchev–Trinajstić information content (AvgIpc) is 3.09. The molecular formula is C37H33N4O12P. The second-order valence-corrected chi connectivity index (χ2v) is 13.4. The first kappa shape index (κ1) is 37.3. The number of aromatic nitrogens is 1. The van der Waals surface area contributed by atoms with Crippen LogP contribution < -0.4 is 26.1 Å². The summed E-state index contributed by atoms with van der Waals surface area (Å²) in [5, 5.41) is 39.7. The Morgan fingerprint density at radius 3 is 2.33 bits per heavy atom. The van der Waals surface area contributed by atoms with Crippen LogP contribution >= 0.6 is 7.82 Å². The number of carbonyl (C=O) groups excluding carboxylic acids is 3. The van der Waals surface area contributed by atoms with Crippen LogP contribution in [0.2, 0.25) is 0 Å². The lowest BCUT2D eigenvalue weighted by atomic mass is 10.0. The highest BCUT2D eigenvalue weighted by atomic mass is 31.2. The number of rotatable bonds is 13. The third kappa shape index (κ3) is 8.93. The van der Waals surface area contributed by atoms with Gasteiger partial charge in [-0.25, -0.2) is 14.3 Å². The Bertz CT molecular complexity index is 2520. The number of phenolic OH excluding ortho intramolecular Hbond substituents is 3. The molecule has 2 aromatic heterocycles. The van der Waals surface area contributed by atoms with Gasteiger partial charge in [-0.1, -0.05) is 30.3 Å². The van der Waals surface area contributed by atoms with Gasteiger partial charge in [0.2, 0.25) is 11.8 Å². The van der Waals surface area contributed by atoms with Crippen molar-refractivity contribution in [2.24, 2.45) is 0 Å². The number of para-hydroxylation sites is 1. The van der Waals surface area contributed by atoms with Crippen LogP contribution in [0.3, 0.4) is 0 Å². The highest BCUT2D eigenvalue weighted by Crippen LogP contribution is 2.38. The van der Waals surface area contributed by atoms with Gasteiger partial charge in [0.25, 0.3) is 5.91 Å². The minimum absolute atomic E-state index is 0.0444. The summed E-state index contributed by atoms with van der Waals surface area (Å²) in [6, 6.07) is 19.0. The van der Waals surface area contributed by atoms with E-state index in [1.54, 1.807) is 24.3 Å². The smallest absolute Gasteiger partial charge is 0.508 e. The summed E-state index contributed by atoms with van der Waals surface area (Å²) in [6.45, 7) is 0.179. The summed E-state index contributed by atoms with van der Waals surface area (Å²) in [5.41, 5.74) is 1.01. The maximum atomic E-state index is 13.5. The van der Waals surface area contributed by atoms with Crippen LogP contribution in [0.1, 0.15) is 27.9 Å². The van der Waals surface area contributed by atoms with Crippen molar-refractivity contribution < 1.29 is 53.0 Å². The second-order valence-electron chi connectivity index (χ2n) is 12.3. The van der Waals surface area contributed by atoms with E-state index in [9.17, 15) is 39.1 Å². The largest absolute Gasteiger partial charge is 0.524 e. The third-order valence-corrected chi connectivity index (χ3v) is 8.76. The van der Waals surface area contributed by atoms with Gasteiger partial charge in [0.1, 0.15) is 34.6 Å². The van der Waals surface area contributed by atoms with Gasteiger partial charge in [0.05, 0.1) is 28.4 Å². The number of phosphoric ester groups is 1. The number of hydrogen-bond donors (Lipinski definition) is 8. The minimum atomic E-state index is -4.80. The topological polar surface area (TPSA) is 258 Å². The number of phosphoric acid groups is 1. The molecule has 0 radical (unpaired) electrons. The molecule has 4 aromatic carbocycles. The van der Waals surface area contributed by atoms with E-state index in [4.69, 9.17) is 14.2 Å². The number of aromatic hydroxyl groups is 3. The molecule has 0 saturated carbocycles. The Labute approximate surface area is 305 Å². The van der Waals surface area contributed by atoms with Gasteiger partial charge in [-0.05, 0) is 47.9 Å². The van der Waals surface area contributed by atoms with Crippen molar-refractivity contribution in [3.8, 4) is 23.0 Å². The molecule has 0 spiro atoms. The highest BCUT2D eigenvalue weighted by Gasteiger charge is 2.24. The predicted octanol–water partition coefficient (Wildman–Crippen LogP) is 3.29. The lowest BCUT2D eigenvalue weighted by molar-refractivity contribution is -0.128. The molecule has 0 aliphatic heterocycles. The molecule has 278 valence electrons. The van der Waals surface area contributed by atoms with Crippen LogP contribution in [0, 0.1) is 0 Å². The number of nitrogens with zero attached hydrogens (tertiary/aromatic N) is 1. The van der Waals surface area contributed by atoms with Crippen molar-refractivity contribution >= 4 is 58.3 Å². The number of phenols is 3. The Hall–Kier alpha value is -6.48. The van der Waals surface area contributed by atoms with Crippen LogP contribution in [0.4, 0.5) is 0 Å². The maximum absolute atomic E-state index is 13.5. The zero-order valence-electron chi connectivity index (χ0n) is 28.2. The van der Waals surface area contributed by atoms with Crippen molar-refractivity contribution in [1.82, 2.24) is 20.9 Å². The number of amides is 3. The van der Waals surface area contributed by atoms with E-state index in [0.29, 0.717) is 27.4 Å². The van der Waals surface area contributed by atoms with E-state index in [-0.39, 0.29) is 77.4 Å². The molecule has 1 unspecified atom stereocenters. The first-order valence-electron chi connectivity index (χ1n) is 16.4. The van der Waals surface area contributed by atoms with Gasteiger partial charge in [0.15, 0.2) is 0 Å². The Kier molecular flexibility index (Phi) is 10.8. The van der Waals surface area contributed by atoms with Crippen LogP contribution in [-0.4, -0.2) is 66.9 Å². The molecule has 6 rings (SSSR count). The Morgan fingerprint density at radius 1 is 0.833 bits per heavy atom. The van der Waals surface area contributed by atoms with E-state index < -0.39 is 37.2 Å². The van der Waals surface area contributed by atoms with Crippen molar-refractivity contribution in [3.63, 3.8) is 0 Å². The zero-order valence-corrected chi connectivity index (χ0v) is 29.1. The van der Waals surface area contributed by atoms with E-state index in [1.165, 1.54) is 48.5 Å². The van der Waals surface area contributed by atoms with Gasteiger partial charge in [0, 0.05) is 54.5 Å². The fraction of sp³-hybridized carbons (Fsp3) is 0.162. The van der Waals surface area contributed by atoms with E-state index in [0.717, 1.165) is 12.1 Å². The van der Waals surface area contributed by atoms with Gasteiger partial charge in [-0.2, -0.15) is 0 Å². The number of hydrogen-bond acceptors (Lipinski definition) is 11. The lowest BCUT2D eigenvalue weighted by Gasteiger charge is -2.19. The summed E-state index contributed by atoms with van der Waals surface area (Å²) >= 11 is 0. The quantitative estimate of drug-likeness (QED) is 0.0365. The van der Waals surface area contributed by atoms with Gasteiger partial charge in [-0.15, -0.1) is 0 Å². The molecule has 0 fully saturated rings. The molecule has 2 heterocycles. The Balaban J connectivity index is 1.13. The summed E-state index contributed by atoms with van der Waals surface area (Å²) in [5.74, 6) is -2.49. The Morgan fingerprint density at radius 2 is 1.57 bits per heavy atom. The van der Waals surface area contributed by atoms with Gasteiger partial charge in [-0.3, -0.25) is 24.2 Å². The molecule has 0 aliphatic rings. The van der Waals surface area contributed by atoms with Crippen LogP contribution in [0.15, 0.2) is 94.1 Å². The summed E-state index contributed by atoms with van der Waals surface area (Å²) in [7, 11) is -4.80. The second kappa shape index (κ2) is 15.6. The summed E-state index contributed by atoms with van der Waals surface area (Å²) in [4.78, 5) is 75.1. The molecule has 0 bridgehead atoms. The summed E-state index contributed by atoms with van der Waals surface area (Å²) < 4.78 is 20.9. The predicted molar refractivity (Wildman–Crippen MR) is 195 cm³/mol. The molecule has 6 aromatic rings. The molecular weight excluding hydrogens is 723 g/mol. The molecule has 8 N–H and O–H groups in total. The number of fused-ring (bicyclic) bond motifs is 3. The van der Waals surface area contributed by atoms with E-state index >= 15 is 0 Å². The summed E-state index contributed by atoms with van der Waals surface area (Å²) in [6.07, 6.45) is -0.0958. The normalized spacial score (nSPS) is 12.0. The van der Waals surface area contributed by atoms with Crippen LogP contribution in [0.5, 0.6) is 23.0 Å². The monoisotopic (exact) mass is 756 g/mol. The molecule has 17 heteroatoms. The average molecular weight is 757 g/mol. The molecule has 0 saturated heterocycles. The SMILES string of the molecule is O=C(Cc1cc(=O)oc2cc(O)ccc12)NC(Cc1ccc(OP(=O)(O)O)cc1)C(=O)NCCCNC(=O)c1c2ccccc2nc2cc(O)cc(O)c12. The van der Waals surface area contributed by atoms with E-state index in [2.05, 4.69) is 25.5 Å². The molecule has 3 amide bonds. The van der Waals surface area contributed by atoms with Crippen molar-refractivity contribution in [2.45, 2.75) is 25.3 Å². The van der Waals surface area contributed by atoms with Gasteiger partial charge >= 0.3 is 13.4 Å². The zero-order chi connectivity index (χ0) is 38.6. The fourth-order valence-corrected chi connectivity index (χ4v) is 6.39. The van der Waals surface area contributed by atoms with Crippen molar-refractivity contribution in [2.75, 3.05) is 13.1 Å². The number of nitrogens with one attached hydrogen (secondary N) is 3. The van der Waals surface area contributed by atoms with Crippen LogP contribution in [0.25, 0.3) is 32.8 Å². The standard InChI is InChI=1S/C37H33N4O12P/c42-22-8-11-25-21(16-33(46)52-31(25)19-22)15-32(45)41-29(14-20-6-9-24(10-7-20)53-54(49,50)51)36(47)38-12-3-13-39-37(48)34-26-4-1-2-5-27(26)40-28-17-23(43)18-30(44)35(28)34/h1-2,4-11,16-19,29,42-44H,3,12-15H2,(H,38,47)(H,39,48)(H,41,45)(H2,49,50,51). The lowest BCUT2D eigenvalue weighted by Crippen LogP contribution is -2.49. The van der Waals surface area contributed by atoms with Crippen molar-refractivity contribution in [3.05, 3.63) is 112 Å². The molecule has 16 nitrogen and oxygen atoms in total. The van der Waals surface area contributed by atoms with Crippen LogP contribution in [-0.2, 0) is 27.0 Å². The van der Waals surface area contributed by atoms with Crippen molar-refractivity contribution in [1.29, 1.82) is 0 Å². The molecule has 1 atom stereocenters. The fourth-order valence-electron chi connectivity index (χ4n) is 5.99. The number of pyridine rings is 1. The third-order valence-electron chi connectivity index (χ3n) is 8.32. The first-order valence-corrected chi connectivity index (χ1v) is 18.0. The highest BCUT2D eigenvalue weighted by molar-refractivity contribution is 7.46. The van der Waals surface area contributed by atoms with Gasteiger partial charge < -0.3 is 40.2 Å². The molecule has 54 heavy (non-hydrogen) atoms.